The normalized spacial score (nSPS) is 12.2. The van der Waals surface area contributed by atoms with E-state index < -0.39 is 0 Å². The minimum absolute atomic E-state index is 0.147. The van der Waals surface area contributed by atoms with E-state index in [1.165, 1.54) is 11.2 Å². The van der Waals surface area contributed by atoms with Crippen molar-refractivity contribution in [3.05, 3.63) is 28.5 Å². The lowest BCUT2D eigenvalue weighted by Gasteiger charge is -2.12. The van der Waals surface area contributed by atoms with Crippen LogP contribution in [0.5, 0.6) is 0 Å². The van der Waals surface area contributed by atoms with Crippen molar-refractivity contribution in [2.24, 2.45) is 0 Å². The summed E-state index contributed by atoms with van der Waals surface area (Å²) in [6.07, 6.45) is 3.42. The van der Waals surface area contributed by atoms with Gasteiger partial charge in [0.2, 0.25) is 0 Å². The van der Waals surface area contributed by atoms with Crippen LogP contribution < -0.4 is 10.6 Å². The second-order valence-corrected chi connectivity index (χ2v) is 4.98. The Kier molecular flexibility index (Phi) is 3.53. The molecule has 2 aromatic heterocycles. The molecule has 0 bridgehead atoms. The molecule has 5 nitrogen and oxygen atoms in total. The van der Waals surface area contributed by atoms with Crippen molar-refractivity contribution in [3.8, 4) is 0 Å². The first-order chi connectivity index (χ1) is 8.19. The second kappa shape index (κ2) is 5.09. The molecule has 2 heterocycles. The number of rotatable bonds is 4. The largest absolute Gasteiger partial charge is 0.373 e. The molecule has 0 aliphatic carbocycles. The van der Waals surface area contributed by atoms with Crippen LogP contribution in [0.4, 0.5) is 11.6 Å². The van der Waals surface area contributed by atoms with Gasteiger partial charge in [0.25, 0.3) is 0 Å². The van der Waals surface area contributed by atoms with E-state index in [2.05, 4.69) is 39.4 Å². The van der Waals surface area contributed by atoms with E-state index in [9.17, 15) is 0 Å². The Morgan fingerprint density at radius 2 is 2.00 bits per heavy atom. The van der Waals surface area contributed by atoms with Crippen LogP contribution in [0, 0.1) is 6.92 Å². The number of nitrogens with one attached hydrogen (secondary N) is 2. The third-order valence-electron chi connectivity index (χ3n) is 2.30. The molecule has 2 aromatic rings. The molecule has 0 aromatic carbocycles. The van der Waals surface area contributed by atoms with Crippen LogP contribution in [0.15, 0.2) is 18.6 Å². The first kappa shape index (κ1) is 11.8. The number of anilines is 2. The number of nitrogens with zero attached hydrogens (tertiary/aromatic N) is 3. The van der Waals surface area contributed by atoms with Gasteiger partial charge in [-0.15, -0.1) is 11.3 Å². The molecule has 2 rings (SSSR count). The van der Waals surface area contributed by atoms with Gasteiger partial charge in [0.05, 0.1) is 6.04 Å². The molecular weight excluding hydrogens is 234 g/mol. The summed E-state index contributed by atoms with van der Waals surface area (Å²) < 4.78 is 0. The van der Waals surface area contributed by atoms with E-state index >= 15 is 0 Å². The van der Waals surface area contributed by atoms with E-state index in [1.54, 1.807) is 11.3 Å². The quantitative estimate of drug-likeness (QED) is 0.871. The summed E-state index contributed by atoms with van der Waals surface area (Å²) in [4.78, 5) is 13.8. The maximum Gasteiger partial charge on any atom is 0.132 e. The van der Waals surface area contributed by atoms with Crippen LogP contribution in [0.3, 0.4) is 0 Å². The SMILES string of the molecule is CNc1cc(NC(C)c2ncc(C)s2)ncn1. The van der Waals surface area contributed by atoms with Gasteiger partial charge in [0.15, 0.2) is 0 Å². The molecule has 1 unspecified atom stereocenters. The molecule has 0 aliphatic rings. The number of hydrogen-bond acceptors (Lipinski definition) is 6. The molecule has 0 spiro atoms. The number of aryl methyl sites for hydroxylation is 1. The lowest BCUT2D eigenvalue weighted by molar-refractivity contribution is 0.858. The summed E-state index contributed by atoms with van der Waals surface area (Å²) in [5.41, 5.74) is 0. The maximum absolute atomic E-state index is 4.35. The summed E-state index contributed by atoms with van der Waals surface area (Å²) in [5, 5.41) is 7.35. The highest BCUT2D eigenvalue weighted by atomic mass is 32.1. The topological polar surface area (TPSA) is 62.7 Å². The molecule has 0 fully saturated rings. The molecule has 1 atom stereocenters. The number of aromatic nitrogens is 3. The van der Waals surface area contributed by atoms with Crippen molar-refractivity contribution in [2.45, 2.75) is 19.9 Å². The molecule has 0 amide bonds. The minimum Gasteiger partial charge on any atom is -0.373 e. The summed E-state index contributed by atoms with van der Waals surface area (Å²) in [7, 11) is 1.83. The fourth-order valence-corrected chi connectivity index (χ4v) is 2.21. The van der Waals surface area contributed by atoms with Gasteiger partial charge < -0.3 is 10.6 Å². The Morgan fingerprint density at radius 3 is 2.65 bits per heavy atom. The summed E-state index contributed by atoms with van der Waals surface area (Å²) >= 11 is 1.69. The molecule has 0 saturated carbocycles. The van der Waals surface area contributed by atoms with Gasteiger partial charge in [-0.1, -0.05) is 0 Å². The first-order valence-corrected chi connectivity index (χ1v) is 6.19. The van der Waals surface area contributed by atoms with Crippen molar-refractivity contribution in [3.63, 3.8) is 0 Å². The van der Waals surface area contributed by atoms with Crippen LogP contribution in [-0.2, 0) is 0 Å². The lowest BCUT2D eigenvalue weighted by atomic mass is 10.3. The molecule has 17 heavy (non-hydrogen) atoms. The van der Waals surface area contributed by atoms with Crippen molar-refractivity contribution >= 4 is 23.0 Å². The molecule has 90 valence electrons. The monoisotopic (exact) mass is 249 g/mol. The molecule has 0 radical (unpaired) electrons. The Hall–Kier alpha value is -1.69. The standard InChI is InChI=1S/C11H15N5S/c1-7-5-13-11(17-7)8(2)16-10-4-9(12-3)14-6-15-10/h4-6,8H,1-3H3,(H2,12,14,15,16). The fourth-order valence-electron chi connectivity index (χ4n) is 1.43. The molecule has 0 saturated heterocycles. The van der Waals surface area contributed by atoms with Crippen LogP contribution in [0.1, 0.15) is 22.9 Å². The Bertz CT molecular complexity index is 496. The Morgan fingerprint density at radius 1 is 1.24 bits per heavy atom. The van der Waals surface area contributed by atoms with Gasteiger partial charge in [0.1, 0.15) is 23.0 Å². The van der Waals surface area contributed by atoms with Crippen molar-refractivity contribution < 1.29 is 0 Å². The van der Waals surface area contributed by atoms with Crippen molar-refractivity contribution in [1.29, 1.82) is 0 Å². The molecule has 2 N–H and O–H groups in total. The minimum atomic E-state index is 0.147. The highest BCUT2D eigenvalue weighted by molar-refractivity contribution is 7.11. The fraction of sp³-hybridized carbons (Fsp3) is 0.364. The van der Waals surface area contributed by atoms with Crippen LogP contribution >= 0.6 is 11.3 Å². The zero-order chi connectivity index (χ0) is 12.3. The van der Waals surface area contributed by atoms with Gasteiger partial charge in [-0.2, -0.15) is 0 Å². The molecule has 0 aliphatic heterocycles. The zero-order valence-electron chi connectivity index (χ0n) is 10.1. The van der Waals surface area contributed by atoms with E-state index in [1.807, 2.05) is 19.3 Å². The van der Waals surface area contributed by atoms with Gasteiger partial charge >= 0.3 is 0 Å². The first-order valence-electron chi connectivity index (χ1n) is 5.37. The predicted octanol–water partition coefficient (Wildman–Crippen LogP) is 2.46. The summed E-state index contributed by atoms with van der Waals surface area (Å²) in [6.45, 7) is 4.12. The second-order valence-electron chi connectivity index (χ2n) is 3.71. The summed E-state index contributed by atoms with van der Waals surface area (Å²) in [6, 6.07) is 2.02. The Balaban J connectivity index is 2.09. The van der Waals surface area contributed by atoms with Gasteiger partial charge in [0, 0.05) is 24.2 Å². The molecule has 6 heteroatoms. The highest BCUT2D eigenvalue weighted by Crippen LogP contribution is 2.22. The Labute approximate surface area is 104 Å². The van der Waals surface area contributed by atoms with Crippen LogP contribution in [-0.4, -0.2) is 22.0 Å². The van der Waals surface area contributed by atoms with Gasteiger partial charge in [-0.3, -0.25) is 0 Å². The summed E-state index contributed by atoms with van der Waals surface area (Å²) in [5.74, 6) is 1.59. The maximum atomic E-state index is 4.35. The average Bonchev–Trinajstić information content (AvgIpc) is 2.76. The van der Waals surface area contributed by atoms with E-state index in [4.69, 9.17) is 0 Å². The van der Waals surface area contributed by atoms with Gasteiger partial charge in [-0.05, 0) is 13.8 Å². The van der Waals surface area contributed by atoms with Crippen molar-refractivity contribution in [1.82, 2.24) is 15.0 Å². The van der Waals surface area contributed by atoms with E-state index in [0.717, 1.165) is 16.6 Å². The van der Waals surface area contributed by atoms with Crippen LogP contribution in [0.25, 0.3) is 0 Å². The van der Waals surface area contributed by atoms with E-state index in [-0.39, 0.29) is 6.04 Å². The smallest absolute Gasteiger partial charge is 0.132 e. The number of hydrogen-bond donors (Lipinski definition) is 2. The third kappa shape index (κ3) is 2.91. The average molecular weight is 249 g/mol. The van der Waals surface area contributed by atoms with Crippen molar-refractivity contribution in [2.75, 3.05) is 17.7 Å². The lowest BCUT2D eigenvalue weighted by Crippen LogP contribution is -2.08. The van der Waals surface area contributed by atoms with E-state index in [0.29, 0.717) is 0 Å². The molecular formula is C11H15N5S. The zero-order valence-corrected chi connectivity index (χ0v) is 10.9. The third-order valence-corrected chi connectivity index (χ3v) is 3.39. The highest BCUT2D eigenvalue weighted by Gasteiger charge is 2.10. The van der Waals surface area contributed by atoms with Crippen LogP contribution in [0.2, 0.25) is 0 Å². The van der Waals surface area contributed by atoms with Gasteiger partial charge in [-0.25, -0.2) is 15.0 Å². The predicted molar refractivity (Wildman–Crippen MR) is 70.5 cm³/mol. The number of thiazole rings is 1.